The lowest BCUT2D eigenvalue weighted by Gasteiger charge is -2.11. The topological polar surface area (TPSA) is 78.4 Å². The van der Waals surface area contributed by atoms with Gasteiger partial charge in [-0.05, 0) is 18.2 Å². The van der Waals surface area contributed by atoms with Gasteiger partial charge in [-0.1, -0.05) is 0 Å². The number of thioether (sulfide) groups is 1. The Labute approximate surface area is 122 Å². The number of halogens is 3. The number of nitrogens with one attached hydrogen (secondary N) is 2. The van der Waals surface area contributed by atoms with Gasteiger partial charge in [0.05, 0.1) is 17.9 Å². The molecule has 1 rings (SSSR count). The minimum atomic E-state index is -2.53. The van der Waals surface area contributed by atoms with E-state index in [1.165, 1.54) is 6.07 Å². The second kappa shape index (κ2) is 8.40. The van der Waals surface area contributed by atoms with Crippen LogP contribution in [0.4, 0.5) is 23.7 Å². The highest BCUT2D eigenvalue weighted by molar-refractivity contribution is 7.99. The molecule has 9 heteroatoms. The lowest BCUT2D eigenvalue weighted by molar-refractivity contribution is -0.136. The van der Waals surface area contributed by atoms with E-state index in [0.29, 0.717) is 4.90 Å². The molecule has 0 aliphatic heterocycles. The first-order valence-electron chi connectivity index (χ1n) is 5.85. The zero-order chi connectivity index (χ0) is 15.8. The first-order valence-corrected chi connectivity index (χ1v) is 6.84. The molecule has 2 amide bonds. The Bertz CT molecular complexity index is 515. The fourth-order valence-electron chi connectivity index (χ4n) is 1.33. The van der Waals surface area contributed by atoms with Crippen LogP contribution in [-0.4, -0.2) is 35.8 Å². The average molecular weight is 322 g/mol. The van der Waals surface area contributed by atoms with Crippen LogP contribution in [0.1, 0.15) is 6.42 Å². The monoisotopic (exact) mass is 322 g/mol. The molecule has 0 spiro atoms. The highest BCUT2D eigenvalue weighted by Gasteiger charge is 2.11. The fraction of sp³-hybridized carbons (Fsp3) is 0.333. The molecular formula is C12H13F3N2O3S. The third kappa shape index (κ3) is 6.89. The van der Waals surface area contributed by atoms with Crippen molar-refractivity contribution in [2.24, 2.45) is 0 Å². The molecule has 1 aromatic rings. The SMILES string of the molecule is O=C(O)CCNC(=O)Nc1cc(F)ccc1SCC(F)F. The number of hydrogen-bond donors (Lipinski definition) is 3. The van der Waals surface area contributed by atoms with E-state index < -0.39 is 30.0 Å². The normalized spacial score (nSPS) is 10.5. The number of carboxylic acids is 1. The first kappa shape index (κ1) is 17.2. The van der Waals surface area contributed by atoms with Crippen molar-refractivity contribution in [2.45, 2.75) is 17.7 Å². The zero-order valence-electron chi connectivity index (χ0n) is 10.7. The lowest BCUT2D eigenvalue weighted by Crippen LogP contribution is -2.30. The summed E-state index contributed by atoms with van der Waals surface area (Å²) in [6, 6.07) is 2.65. The largest absolute Gasteiger partial charge is 0.481 e. The van der Waals surface area contributed by atoms with E-state index in [-0.39, 0.29) is 18.7 Å². The van der Waals surface area contributed by atoms with E-state index in [9.17, 15) is 22.8 Å². The van der Waals surface area contributed by atoms with Gasteiger partial charge in [-0.25, -0.2) is 18.0 Å². The molecule has 0 saturated heterocycles. The van der Waals surface area contributed by atoms with Gasteiger partial charge >= 0.3 is 12.0 Å². The quantitative estimate of drug-likeness (QED) is 0.675. The molecule has 0 aromatic heterocycles. The van der Waals surface area contributed by atoms with Crippen LogP contribution < -0.4 is 10.6 Å². The van der Waals surface area contributed by atoms with Gasteiger partial charge in [0.25, 0.3) is 0 Å². The number of amides is 2. The Balaban J connectivity index is 2.65. The van der Waals surface area contributed by atoms with E-state index in [1.54, 1.807) is 0 Å². The highest BCUT2D eigenvalue weighted by Crippen LogP contribution is 2.29. The van der Waals surface area contributed by atoms with Gasteiger partial charge in [0, 0.05) is 11.4 Å². The summed E-state index contributed by atoms with van der Waals surface area (Å²) < 4.78 is 37.5. The Morgan fingerprint density at radius 1 is 1.33 bits per heavy atom. The lowest BCUT2D eigenvalue weighted by atomic mass is 10.3. The second-order valence-electron chi connectivity index (χ2n) is 3.87. The van der Waals surface area contributed by atoms with Gasteiger partial charge in [-0.15, -0.1) is 11.8 Å². The van der Waals surface area contributed by atoms with Gasteiger partial charge < -0.3 is 15.7 Å². The van der Waals surface area contributed by atoms with Crippen molar-refractivity contribution in [1.82, 2.24) is 5.32 Å². The first-order chi connectivity index (χ1) is 9.88. The maximum Gasteiger partial charge on any atom is 0.319 e. The van der Waals surface area contributed by atoms with E-state index in [2.05, 4.69) is 10.6 Å². The van der Waals surface area contributed by atoms with Crippen LogP contribution in [0.3, 0.4) is 0 Å². The van der Waals surface area contributed by atoms with Gasteiger partial charge in [-0.3, -0.25) is 4.79 Å². The number of carbonyl (C=O) groups is 2. The van der Waals surface area contributed by atoms with Crippen LogP contribution >= 0.6 is 11.8 Å². The van der Waals surface area contributed by atoms with Crippen LogP contribution in [-0.2, 0) is 4.79 Å². The minimum Gasteiger partial charge on any atom is -0.481 e. The second-order valence-corrected chi connectivity index (χ2v) is 4.93. The van der Waals surface area contributed by atoms with Crippen LogP contribution in [0, 0.1) is 5.82 Å². The van der Waals surface area contributed by atoms with Crippen molar-refractivity contribution < 1.29 is 27.9 Å². The van der Waals surface area contributed by atoms with Crippen molar-refractivity contribution in [3.8, 4) is 0 Å². The third-order valence-corrected chi connectivity index (χ3v) is 3.26. The summed E-state index contributed by atoms with van der Waals surface area (Å²) in [6.45, 7) is -0.101. The summed E-state index contributed by atoms with van der Waals surface area (Å²) in [4.78, 5) is 22.1. The molecule has 116 valence electrons. The predicted molar refractivity (Wildman–Crippen MR) is 72.4 cm³/mol. The summed E-state index contributed by atoms with van der Waals surface area (Å²) in [6.07, 6.45) is -2.79. The number of urea groups is 1. The number of anilines is 1. The van der Waals surface area contributed by atoms with Crippen LogP contribution in [0.25, 0.3) is 0 Å². The number of carbonyl (C=O) groups excluding carboxylic acids is 1. The number of aliphatic carboxylic acids is 1. The van der Waals surface area contributed by atoms with E-state index in [1.807, 2.05) is 0 Å². The summed E-state index contributed by atoms with van der Waals surface area (Å²) >= 11 is 0.781. The fourth-order valence-corrected chi connectivity index (χ4v) is 2.06. The zero-order valence-corrected chi connectivity index (χ0v) is 11.6. The third-order valence-electron chi connectivity index (χ3n) is 2.18. The standard InChI is InChI=1S/C12H13F3N2O3S/c13-7-1-2-9(21-6-10(14)15)8(5-7)17-12(20)16-4-3-11(18)19/h1-2,5,10H,3-4,6H2,(H,18,19)(H2,16,17,20). The summed E-state index contributed by atoms with van der Waals surface area (Å²) in [5, 5.41) is 13.0. The average Bonchev–Trinajstić information content (AvgIpc) is 2.37. The van der Waals surface area contributed by atoms with Crippen molar-refractivity contribution in [1.29, 1.82) is 0 Å². The van der Waals surface area contributed by atoms with E-state index in [4.69, 9.17) is 5.11 Å². The van der Waals surface area contributed by atoms with Crippen molar-refractivity contribution in [3.63, 3.8) is 0 Å². The molecule has 1 aromatic carbocycles. The van der Waals surface area contributed by atoms with Crippen LogP contribution in [0.15, 0.2) is 23.1 Å². The summed E-state index contributed by atoms with van der Waals surface area (Å²) in [7, 11) is 0. The minimum absolute atomic E-state index is 0.0495. The van der Waals surface area contributed by atoms with E-state index >= 15 is 0 Å². The Kier molecular flexibility index (Phi) is 6.86. The molecule has 0 bridgehead atoms. The summed E-state index contributed by atoms with van der Waals surface area (Å²) in [5.74, 6) is -2.19. The smallest absolute Gasteiger partial charge is 0.319 e. The van der Waals surface area contributed by atoms with Crippen molar-refractivity contribution >= 4 is 29.4 Å². The molecule has 3 N–H and O–H groups in total. The molecule has 0 aliphatic carbocycles. The molecular weight excluding hydrogens is 309 g/mol. The number of carboxylic acid groups (broad SMARTS) is 1. The van der Waals surface area contributed by atoms with Crippen LogP contribution in [0.2, 0.25) is 0 Å². The van der Waals surface area contributed by atoms with Gasteiger partial charge in [0.2, 0.25) is 6.43 Å². The van der Waals surface area contributed by atoms with Gasteiger partial charge in [0.1, 0.15) is 5.82 Å². The maximum absolute atomic E-state index is 13.1. The van der Waals surface area contributed by atoms with Crippen molar-refractivity contribution in [3.05, 3.63) is 24.0 Å². The molecule has 0 heterocycles. The number of hydrogen-bond acceptors (Lipinski definition) is 3. The number of rotatable bonds is 7. The van der Waals surface area contributed by atoms with Crippen molar-refractivity contribution in [2.75, 3.05) is 17.6 Å². The molecule has 0 saturated carbocycles. The Morgan fingerprint density at radius 2 is 2.05 bits per heavy atom. The number of benzene rings is 1. The number of alkyl halides is 2. The molecule has 0 fully saturated rings. The Morgan fingerprint density at radius 3 is 2.67 bits per heavy atom. The predicted octanol–water partition coefficient (Wildman–Crippen LogP) is 2.78. The van der Waals surface area contributed by atoms with Gasteiger partial charge in [0.15, 0.2) is 0 Å². The van der Waals surface area contributed by atoms with Gasteiger partial charge in [-0.2, -0.15) is 0 Å². The molecule has 0 atom stereocenters. The molecule has 21 heavy (non-hydrogen) atoms. The summed E-state index contributed by atoms with van der Waals surface area (Å²) in [5.41, 5.74) is 0.0495. The molecule has 0 radical (unpaired) electrons. The molecule has 0 unspecified atom stereocenters. The highest BCUT2D eigenvalue weighted by atomic mass is 32.2. The van der Waals surface area contributed by atoms with Crippen LogP contribution in [0.5, 0.6) is 0 Å². The molecule has 0 aliphatic rings. The molecule has 5 nitrogen and oxygen atoms in total. The maximum atomic E-state index is 13.1. The van der Waals surface area contributed by atoms with E-state index in [0.717, 1.165) is 23.9 Å². The Hall–Kier alpha value is -1.90.